The van der Waals surface area contributed by atoms with E-state index >= 15 is 0 Å². The molecule has 0 aliphatic heterocycles. The molecule has 0 saturated carbocycles. The average molecular weight is 487 g/mol. The van der Waals surface area contributed by atoms with Crippen molar-refractivity contribution in [3.8, 4) is 0 Å². The van der Waals surface area contributed by atoms with E-state index in [4.69, 9.17) is 0 Å². The molecule has 5 heteroatoms. The van der Waals surface area contributed by atoms with E-state index in [1.807, 2.05) is 0 Å². The summed E-state index contributed by atoms with van der Waals surface area (Å²) in [6, 6.07) is 0. The molecule has 0 aromatic rings. The summed E-state index contributed by atoms with van der Waals surface area (Å²) in [6.07, 6.45) is 0. The Morgan fingerprint density at radius 3 is 1.00 bits per heavy atom. The minimum atomic E-state index is 0. The molecule has 0 nitrogen and oxygen atoms in total. The summed E-state index contributed by atoms with van der Waals surface area (Å²) in [4.78, 5) is 0. The summed E-state index contributed by atoms with van der Waals surface area (Å²) in [6.45, 7) is 0. The van der Waals surface area contributed by atoms with E-state index in [2.05, 4.69) is 67.1 Å². The molecule has 0 heterocycles. The largest absolute Gasteiger partial charge is 0.355 e. The average Bonchev–Trinajstić information content (AvgIpc) is 0.811. The smallest absolute Gasteiger partial charge is 0.118 e. The van der Waals surface area contributed by atoms with Crippen LogP contribution in [0.5, 0.6) is 0 Å². The molecule has 0 spiro atoms. The maximum absolute atomic E-state index is 2.32. The van der Waals surface area contributed by atoms with Crippen LogP contribution in [0.2, 0.25) is 0 Å². The number of hydrogen-bond donors (Lipinski definition) is 0. The predicted octanol–water partition coefficient (Wildman–Crippen LogP) is 2.27. The summed E-state index contributed by atoms with van der Waals surface area (Å²) < 4.78 is 0.743. The molecule has 0 rings (SSSR count). The summed E-state index contributed by atoms with van der Waals surface area (Å²) in [7, 11) is 0. The monoisotopic (exact) mass is 490 g/mol. The summed E-state index contributed by atoms with van der Waals surface area (Å²) in [5.41, 5.74) is 0. The molecule has 0 saturated heterocycles. The van der Waals surface area contributed by atoms with Gasteiger partial charge in [-0.05, 0) is 0 Å². The van der Waals surface area contributed by atoms with Crippen LogP contribution in [0.1, 0.15) is 0 Å². The molecule has 0 aromatic heterocycles. The van der Waals surface area contributed by atoms with E-state index in [9.17, 15) is 0 Å². The third-order valence-electron chi connectivity index (χ3n) is 0. The Labute approximate surface area is 86.6 Å². The van der Waals surface area contributed by atoms with Gasteiger partial charge in [0.05, 0.1) is 0 Å². The zero-order valence-corrected chi connectivity index (χ0v) is 10.6. The van der Waals surface area contributed by atoms with E-state index in [0.717, 1.165) is 0.282 Å². The molecule has 0 bridgehead atoms. The van der Waals surface area contributed by atoms with Crippen LogP contribution >= 0.6 is 67.1 Å². The van der Waals surface area contributed by atoms with Crippen LogP contribution in [0.25, 0.3) is 0 Å². The van der Waals surface area contributed by atoms with Gasteiger partial charge in [0.15, 0.2) is 0 Å². The third kappa shape index (κ3) is 19.6. The number of hydrogen-bond acceptors (Lipinski definition) is 0. The second-order valence-corrected chi connectivity index (χ2v) is 11.1. The van der Waals surface area contributed by atoms with Crippen molar-refractivity contribution >= 4 is 67.4 Å². The van der Waals surface area contributed by atoms with Gasteiger partial charge >= 0.3 is 0.282 Å². The van der Waals surface area contributed by atoms with E-state index in [1.54, 1.807) is 0 Å². The molecule has 5 heavy (non-hydrogen) atoms. The maximum atomic E-state index is 2.32. The number of rotatable bonds is 0. The Morgan fingerprint density at radius 2 is 1.00 bits per heavy atom. The van der Waals surface area contributed by atoms with Gasteiger partial charge in [-0.25, -0.2) is 0 Å². The van der Waals surface area contributed by atoms with E-state index in [0.29, 0.717) is 0 Å². The van der Waals surface area contributed by atoms with Crippen molar-refractivity contribution < 1.29 is 21.1 Å². The first-order valence-electron chi connectivity index (χ1n) is 0.655. The fourth-order valence-electron chi connectivity index (χ4n) is 0. The van der Waals surface area contributed by atoms with Crippen LogP contribution in [0, 0.1) is 0 Å². The summed E-state index contributed by atoms with van der Waals surface area (Å²) in [5.74, 6) is 0. The van der Waals surface area contributed by atoms with Gasteiger partial charge in [0.2, 0.25) is 0 Å². The first-order valence-corrected chi connectivity index (χ1v) is 4.39. The molecule has 0 aliphatic carbocycles. The van der Waals surface area contributed by atoms with Gasteiger partial charge in [-0.3, -0.25) is 0 Å². The fraction of sp³-hybridized carbons (Fsp3) is 0. The van der Waals surface area contributed by atoms with E-state index in [1.165, 1.54) is 0 Å². The first-order chi connectivity index (χ1) is 1.73. The van der Waals surface area contributed by atoms with Crippen molar-refractivity contribution in [2.75, 3.05) is 0 Å². The molecule has 0 unspecified atom stereocenters. The van der Waals surface area contributed by atoms with Gasteiger partial charge in [0.1, 0.15) is 0 Å². The van der Waals surface area contributed by atoms with Crippen LogP contribution < -0.4 is 0 Å². The third-order valence-corrected chi connectivity index (χ3v) is 0. The Hall–Kier alpha value is 2.94. The standard InChI is InChI=1S/BI3.Mo/c2-1(3)4;. The van der Waals surface area contributed by atoms with Gasteiger partial charge in [0.25, 0.3) is 0 Å². The summed E-state index contributed by atoms with van der Waals surface area (Å²) in [5, 5.41) is 0. The normalized spacial score (nSPS) is 5.40. The van der Waals surface area contributed by atoms with Crippen LogP contribution in [0.15, 0.2) is 0 Å². The van der Waals surface area contributed by atoms with Gasteiger partial charge in [-0.2, -0.15) is 0 Å². The molecule has 30 valence electrons. The maximum Gasteiger partial charge on any atom is 0.355 e. The SMILES string of the molecule is IB(I)I.[Mo]. The second-order valence-electron chi connectivity index (χ2n) is 0.247. The fourth-order valence-corrected chi connectivity index (χ4v) is 0. The van der Waals surface area contributed by atoms with Crippen molar-refractivity contribution in [2.45, 2.75) is 0 Å². The van der Waals surface area contributed by atoms with Crippen LogP contribution in [-0.4, -0.2) is 0.282 Å². The molecule has 0 aliphatic rings. The van der Waals surface area contributed by atoms with Crippen LogP contribution in [0.3, 0.4) is 0 Å². The molecule has 0 radical (unpaired) electrons. The predicted molar refractivity (Wildman–Crippen MR) is 47.8 cm³/mol. The van der Waals surface area contributed by atoms with Crippen molar-refractivity contribution in [1.82, 2.24) is 0 Å². The van der Waals surface area contributed by atoms with Crippen molar-refractivity contribution in [2.24, 2.45) is 0 Å². The Morgan fingerprint density at radius 1 is 1.00 bits per heavy atom. The van der Waals surface area contributed by atoms with Crippen LogP contribution in [0.4, 0.5) is 0 Å². The summed E-state index contributed by atoms with van der Waals surface area (Å²) >= 11 is 6.95. The molecular weight excluding hydrogens is 487 g/mol. The van der Waals surface area contributed by atoms with Gasteiger partial charge in [0, 0.05) is 21.1 Å². The Balaban J connectivity index is 0. The minimum Gasteiger partial charge on any atom is -0.118 e. The van der Waals surface area contributed by atoms with Crippen molar-refractivity contribution in [3.05, 3.63) is 0 Å². The molecule has 0 atom stereocenters. The minimum absolute atomic E-state index is 0. The molecule has 0 aromatic carbocycles. The molecule has 0 N–H and O–H groups in total. The molecule has 0 amide bonds. The van der Waals surface area contributed by atoms with Gasteiger partial charge < -0.3 is 0 Å². The van der Waals surface area contributed by atoms with Crippen molar-refractivity contribution in [1.29, 1.82) is 0 Å². The topological polar surface area (TPSA) is 0 Å². The zero-order chi connectivity index (χ0) is 3.58. The quantitative estimate of drug-likeness (QED) is 0.364. The van der Waals surface area contributed by atoms with E-state index in [-0.39, 0.29) is 21.1 Å². The first kappa shape index (κ1) is 10.8. The van der Waals surface area contributed by atoms with Gasteiger partial charge in [-0.15, -0.1) is 67.1 Å². The molecule has 0 fully saturated rings. The van der Waals surface area contributed by atoms with E-state index < -0.39 is 0 Å². The second kappa shape index (κ2) is 6.94. The Bertz CT molecular complexity index is 11.6. The number of halogens is 3. The molecular formula is BI3Mo. The van der Waals surface area contributed by atoms with Crippen molar-refractivity contribution in [3.63, 3.8) is 0 Å². The zero-order valence-electron chi connectivity index (χ0n) is 2.12. The van der Waals surface area contributed by atoms with Gasteiger partial charge in [-0.1, -0.05) is 0 Å². The Kier molecular flexibility index (Phi) is 15.1. The van der Waals surface area contributed by atoms with Crippen LogP contribution in [-0.2, 0) is 21.1 Å².